The Hall–Kier alpha value is -2.63. The van der Waals surface area contributed by atoms with E-state index in [0.29, 0.717) is 29.7 Å². The van der Waals surface area contributed by atoms with Crippen molar-refractivity contribution in [3.8, 4) is 11.1 Å². The number of hydrogen-bond acceptors (Lipinski definition) is 2. The minimum Gasteiger partial charge on any atom is -0.381 e. The first kappa shape index (κ1) is 25.5. The van der Waals surface area contributed by atoms with Crippen LogP contribution >= 0.6 is 0 Å². The van der Waals surface area contributed by atoms with Crippen LogP contribution in [0, 0.1) is 17.5 Å². The van der Waals surface area contributed by atoms with Gasteiger partial charge in [0.2, 0.25) is 0 Å². The molecule has 0 aliphatic heterocycles. The fourth-order valence-corrected chi connectivity index (χ4v) is 4.93. The molecule has 0 N–H and O–H groups in total. The van der Waals surface area contributed by atoms with Gasteiger partial charge >= 0.3 is 0 Å². The maximum Gasteiger partial charge on any atom is 0.166 e. The Morgan fingerprint density at radius 2 is 1.49 bits per heavy atom. The fraction of sp³-hybridized carbons (Fsp3) is 0.400. The largest absolute Gasteiger partial charge is 0.381 e. The van der Waals surface area contributed by atoms with Crippen molar-refractivity contribution >= 4 is 0 Å². The molecular formula is C30H33F3O2. The average molecular weight is 483 g/mol. The van der Waals surface area contributed by atoms with Crippen molar-refractivity contribution in [3.63, 3.8) is 0 Å². The Bertz CT molecular complexity index is 1120. The van der Waals surface area contributed by atoms with E-state index >= 15 is 4.39 Å². The van der Waals surface area contributed by atoms with Gasteiger partial charge in [-0.15, -0.1) is 0 Å². The summed E-state index contributed by atoms with van der Waals surface area (Å²) >= 11 is 0. The zero-order valence-corrected chi connectivity index (χ0v) is 20.5. The Balaban J connectivity index is 1.40. The van der Waals surface area contributed by atoms with Crippen LogP contribution in [0.4, 0.5) is 13.2 Å². The third kappa shape index (κ3) is 6.14. The molecule has 0 amide bonds. The lowest BCUT2D eigenvalue weighted by molar-refractivity contribution is 0.0655. The molecule has 2 nitrogen and oxygen atoms in total. The molecule has 3 aromatic rings. The summed E-state index contributed by atoms with van der Waals surface area (Å²) in [4.78, 5) is 0. The van der Waals surface area contributed by atoms with Crippen LogP contribution in [-0.2, 0) is 28.9 Å². The normalized spacial score (nSPS) is 18.1. The van der Waals surface area contributed by atoms with Gasteiger partial charge < -0.3 is 9.47 Å². The quantitative estimate of drug-likeness (QED) is 0.310. The molecule has 0 aromatic heterocycles. The predicted octanol–water partition coefficient (Wildman–Crippen LogP) is 7.77. The second-order valence-corrected chi connectivity index (χ2v) is 9.30. The molecule has 1 fully saturated rings. The molecule has 4 rings (SSSR count). The highest BCUT2D eigenvalue weighted by Gasteiger charge is 2.26. The second-order valence-electron chi connectivity index (χ2n) is 9.30. The van der Waals surface area contributed by atoms with Crippen LogP contribution < -0.4 is 0 Å². The number of methoxy groups -OCH3 is 1. The summed E-state index contributed by atoms with van der Waals surface area (Å²) in [7, 11) is 1.70. The van der Waals surface area contributed by atoms with Crippen molar-refractivity contribution in [3.05, 3.63) is 94.3 Å². The van der Waals surface area contributed by atoms with E-state index in [1.165, 1.54) is 0 Å². The molecule has 0 atom stereocenters. The minimum atomic E-state index is -0.785. The van der Waals surface area contributed by atoms with Crippen LogP contribution in [0.3, 0.4) is 0 Å². The summed E-state index contributed by atoms with van der Waals surface area (Å²) in [5.74, 6) is -1.74. The Morgan fingerprint density at radius 3 is 2.14 bits per heavy atom. The molecule has 0 heterocycles. The van der Waals surface area contributed by atoms with Gasteiger partial charge in [-0.3, -0.25) is 0 Å². The molecule has 3 aromatic carbocycles. The highest BCUT2D eigenvalue weighted by atomic mass is 19.2. The van der Waals surface area contributed by atoms with Crippen LogP contribution in [-0.4, -0.2) is 19.8 Å². The fourth-order valence-electron chi connectivity index (χ4n) is 4.93. The molecule has 0 unspecified atom stereocenters. The lowest BCUT2D eigenvalue weighted by atomic mass is 9.82. The van der Waals surface area contributed by atoms with E-state index in [9.17, 15) is 8.78 Å². The predicted molar refractivity (Wildman–Crippen MR) is 133 cm³/mol. The van der Waals surface area contributed by atoms with E-state index in [-0.39, 0.29) is 30.0 Å². The summed E-state index contributed by atoms with van der Waals surface area (Å²) in [6.45, 7) is 2.71. The second kappa shape index (κ2) is 11.9. The Labute approximate surface area is 206 Å². The van der Waals surface area contributed by atoms with Gasteiger partial charge in [-0.05, 0) is 79.7 Å². The van der Waals surface area contributed by atoms with E-state index in [1.807, 2.05) is 37.3 Å². The zero-order valence-electron chi connectivity index (χ0n) is 20.5. The first-order chi connectivity index (χ1) is 17.0. The molecule has 1 aliphatic rings. The molecule has 0 radical (unpaired) electrons. The van der Waals surface area contributed by atoms with E-state index in [4.69, 9.17) is 9.47 Å². The lowest BCUT2D eigenvalue weighted by Gasteiger charge is -2.28. The smallest absolute Gasteiger partial charge is 0.166 e. The summed E-state index contributed by atoms with van der Waals surface area (Å²) < 4.78 is 54.9. The van der Waals surface area contributed by atoms with Gasteiger partial charge in [0.05, 0.1) is 12.7 Å². The van der Waals surface area contributed by atoms with Gasteiger partial charge in [0.15, 0.2) is 11.6 Å². The number of rotatable bonds is 9. The van der Waals surface area contributed by atoms with Gasteiger partial charge in [-0.2, -0.15) is 0 Å². The van der Waals surface area contributed by atoms with Crippen LogP contribution in [0.5, 0.6) is 0 Å². The Morgan fingerprint density at radius 1 is 0.800 bits per heavy atom. The monoisotopic (exact) mass is 482 g/mol. The lowest BCUT2D eigenvalue weighted by Crippen LogP contribution is -2.20. The van der Waals surface area contributed by atoms with Crippen molar-refractivity contribution in [1.82, 2.24) is 0 Å². The summed E-state index contributed by atoms with van der Waals surface area (Å²) in [5, 5.41) is 0. The minimum absolute atomic E-state index is 0.0328. The van der Waals surface area contributed by atoms with Gasteiger partial charge in [-0.25, -0.2) is 13.2 Å². The summed E-state index contributed by atoms with van der Waals surface area (Å²) in [5.41, 5.74) is 3.91. The standard InChI is InChI=1S/C30H33F3O2/c1-3-35-19-24-11-8-21(18-28(24)31)5-4-20-6-9-22(10-7-20)26-16-17-27(30(33)29(26)32)23-12-14-25(34-2)15-13-23/h6-11,16-18,23,25H,3-5,12-15,19H2,1-2H3. The number of benzene rings is 3. The van der Waals surface area contributed by atoms with E-state index in [1.54, 1.807) is 31.4 Å². The third-order valence-electron chi connectivity index (χ3n) is 7.11. The van der Waals surface area contributed by atoms with Crippen molar-refractivity contribution in [2.24, 2.45) is 0 Å². The molecule has 5 heteroatoms. The molecular weight excluding hydrogens is 449 g/mol. The van der Waals surface area contributed by atoms with Crippen LogP contribution in [0.2, 0.25) is 0 Å². The van der Waals surface area contributed by atoms with E-state index < -0.39 is 11.6 Å². The van der Waals surface area contributed by atoms with Gasteiger partial charge in [-0.1, -0.05) is 48.5 Å². The molecule has 1 saturated carbocycles. The number of halogens is 3. The Kier molecular flexibility index (Phi) is 8.64. The van der Waals surface area contributed by atoms with Crippen molar-refractivity contribution in [1.29, 1.82) is 0 Å². The van der Waals surface area contributed by atoms with Crippen molar-refractivity contribution in [2.75, 3.05) is 13.7 Å². The van der Waals surface area contributed by atoms with Crippen LogP contribution in [0.15, 0.2) is 54.6 Å². The molecule has 0 saturated heterocycles. The van der Waals surface area contributed by atoms with Crippen molar-refractivity contribution < 1.29 is 22.6 Å². The zero-order chi connectivity index (χ0) is 24.8. The summed E-state index contributed by atoms with van der Waals surface area (Å²) in [6.07, 6.45) is 4.99. The topological polar surface area (TPSA) is 18.5 Å². The molecule has 186 valence electrons. The molecule has 1 aliphatic carbocycles. The first-order valence-electron chi connectivity index (χ1n) is 12.4. The van der Waals surface area contributed by atoms with Gasteiger partial charge in [0, 0.05) is 24.8 Å². The van der Waals surface area contributed by atoms with E-state index in [0.717, 1.165) is 43.2 Å². The maximum absolute atomic E-state index is 15.0. The molecule has 0 bridgehead atoms. The first-order valence-corrected chi connectivity index (χ1v) is 12.4. The number of hydrogen-bond donors (Lipinski definition) is 0. The summed E-state index contributed by atoms with van der Waals surface area (Å²) in [6, 6.07) is 16.2. The van der Waals surface area contributed by atoms with E-state index in [2.05, 4.69) is 0 Å². The van der Waals surface area contributed by atoms with Gasteiger partial charge in [0.1, 0.15) is 5.82 Å². The number of ether oxygens (including phenoxy) is 2. The highest BCUT2D eigenvalue weighted by molar-refractivity contribution is 5.65. The average Bonchev–Trinajstić information content (AvgIpc) is 2.89. The third-order valence-corrected chi connectivity index (χ3v) is 7.11. The molecule has 0 spiro atoms. The number of aryl methyl sites for hydroxylation is 2. The molecule has 35 heavy (non-hydrogen) atoms. The van der Waals surface area contributed by atoms with Crippen molar-refractivity contribution in [2.45, 2.75) is 64.1 Å². The van der Waals surface area contributed by atoms with Crippen LogP contribution in [0.1, 0.15) is 60.8 Å². The maximum atomic E-state index is 15.0. The highest BCUT2D eigenvalue weighted by Crippen LogP contribution is 2.37. The van der Waals surface area contributed by atoms with Gasteiger partial charge in [0.25, 0.3) is 0 Å². The van der Waals surface area contributed by atoms with Crippen LogP contribution in [0.25, 0.3) is 11.1 Å². The SMILES string of the molecule is CCOCc1ccc(CCc2ccc(-c3ccc(C4CCC(OC)CC4)c(F)c3F)cc2)cc1F.